The van der Waals surface area contributed by atoms with E-state index in [1.807, 2.05) is 67.0 Å². The summed E-state index contributed by atoms with van der Waals surface area (Å²) in [4.78, 5) is 30.0. The number of unbranched alkanes of at least 4 members (excludes halogenated alkanes) is 1. The third kappa shape index (κ3) is 5.10. The van der Waals surface area contributed by atoms with E-state index in [9.17, 15) is 9.59 Å². The van der Waals surface area contributed by atoms with Crippen molar-refractivity contribution in [1.29, 1.82) is 0 Å². The van der Waals surface area contributed by atoms with Crippen LogP contribution in [-0.4, -0.2) is 15.5 Å². The van der Waals surface area contributed by atoms with Crippen molar-refractivity contribution in [3.63, 3.8) is 0 Å². The van der Waals surface area contributed by atoms with Gasteiger partial charge in [0.25, 0.3) is 11.5 Å². The first-order valence-corrected chi connectivity index (χ1v) is 12.2. The Morgan fingerprint density at radius 2 is 1.94 bits per heavy atom. The molecule has 0 saturated carbocycles. The molecule has 4 rings (SSSR count). The highest BCUT2D eigenvalue weighted by atomic mass is 32.1. The number of nitrogens with one attached hydrogen (secondary N) is 2. The molecule has 4 aromatic rings. The number of aryl methyl sites for hydroxylation is 2. The Bertz CT molecular complexity index is 1360. The van der Waals surface area contributed by atoms with Crippen molar-refractivity contribution in [2.45, 2.75) is 33.1 Å². The highest BCUT2D eigenvalue weighted by Crippen LogP contribution is 2.30. The zero-order chi connectivity index (χ0) is 24.1. The van der Waals surface area contributed by atoms with Gasteiger partial charge in [-0.1, -0.05) is 43.7 Å². The largest absolute Gasteiger partial charge is 0.327 e. The Kier molecular flexibility index (Phi) is 7.23. The first kappa shape index (κ1) is 23.4. The highest BCUT2D eigenvalue weighted by molar-refractivity contribution is 7.13. The number of anilines is 3. The number of carbonyl (C=O) groups excluding carboxylic acids is 1. The van der Waals surface area contributed by atoms with Gasteiger partial charge in [0.05, 0.1) is 0 Å². The third-order valence-corrected chi connectivity index (χ3v) is 6.50. The standard InChI is InChI=1S/C27H28N4O2S/c1-4-5-9-19-10-6-7-11-22(19)25(32)29-23-13-8-12-21(18(23)2)20-16-24(26(33)31(3)17-20)30-27-28-14-15-34-27/h6-8,10-17H,4-5,9H2,1-3H3,(H,28,30)(H,29,32). The van der Waals surface area contributed by atoms with E-state index >= 15 is 0 Å². The normalized spacial score (nSPS) is 10.8. The maximum absolute atomic E-state index is 13.2. The molecule has 0 saturated heterocycles. The lowest BCUT2D eigenvalue weighted by atomic mass is 9.99. The minimum absolute atomic E-state index is 0.112. The molecule has 0 bridgehead atoms. The van der Waals surface area contributed by atoms with E-state index in [1.165, 1.54) is 11.3 Å². The predicted molar refractivity (Wildman–Crippen MR) is 140 cm³/mol. The molecule has 0 radical (unpaired) electrons. The zero-order valence-corrected chi connectivity index (χ0v) is 20.4. The summed E-state index contributed by atoms with van der Waals surface area (Å²) in [5, 5.41) is 8.73. The predicted octanol–water partition coefficient (Wildman–Crippen LogP) is 6.16. The molecule has 0 unspecified atom stereocenters. The van der Waals surface area contributed by atoms with Crippen LogP contribution in [-0.2, 0) is 13.5 Å². The van der Waals surface area contributed by atoms with E-state index < -0.39 is 0 Å². The summed E-state index contributed by atoms with van der Waals surface area (Å²) in [7, 11) is 1.73. The minimum Gasteiger partial charge on any atom is -0.327 e. The number of amides is 1. The van der Waals surface area contributed by atoms with Gasteiger partial charge in [0, 0.05) is 41.6 Å². The molecule has 0 aliphatic heterocycles. The molecule has 174 valence electrons. The monoisotopic (exact) mass is 472 g/mol. The molecule has 6 nitrogen and oxygen atoms in total. The van der Waals surface area contributed by atoms with E-state index in [0.717, 1.165) is 47.2 Å². The Labute approximate surface area is 203 Å². The van der Waals surface area contributed by atoms with Crippen LogP contribution in [0.1, 0.15) is 41.3 Å². The summed E-state index contributed by atoms with van der Waals surface area (Å²) < 4.78 is 1.56. The fourth-order valence-corrected chi connectivity index (χ4v) is 4.49. The molecule has 2 N–H and O–H groups in total. The second kappa shape index (κ2) is 10.5. The lowest BCUT2D eigenvalue weighted by Crippen LogP contribution is -2.19. The first-order chi connectivity index (χ1) is 16.5. The number of pyridine rings is 1. The smallest absolute Gasteiger partial charge is 0.274 e. The lowest BCUT2D eigenvalue weighted by Gasteiger charge is -2.16. The van der Waals surface area contributed by atoms with Gasteiger partial charge in [-0.2, -0.15) is 0 Å². The van der Waals surface area contributed by atoms with Gasteiger partial charge in [0.2, 0.25) is 0 Å². The van der Waals surface area contributed by atoms with Gasteiger partial charge < -0.3 is 15.2 Å². The summed E-state index contributed by atoms with van der Waals surface area (Å²) in [5.41, 5.74) is 5.58. The van der Waals surface area contributed by atoms with Crippen molar-refractivity contribution in [3.05, 3.63) is 93.3 Å². The SMILES string of the molecule is CCCCc1ccccc1C(=O)Nc1cccc(-c2cc(Nc3nccs3)c(=O)n(C)c2)c1C. The van der Waals surface area contributed by atoms with E-state index in [1.54, 1.807) is 17.8 Å². The van der Waals surface area contributed by atoms with Gasteiger partial charge in [0.1, 0.15) is 5.69 Å². The van der Waals surface area contributed by atoms with Crippen LogP contribution in [0.4, 0.5) is 16.5 Å². The molecule has 0 aliphatic rings. The number of thiazole rings is 1. The van der Waals surface area contributed by atoms with Crippen LogP contribution >= 0.6 is 11.3 Å². The molecule has 2 aromatic carbocycles. The van der Waals surface area contributed by atoms with E-state index in [4.69, 9.17) is 0 Å². The van der Waals surface area contributed by atoms with Gasteiger partial charge in [-0.05, 0) is 54.7 Å². The van der Waals surface area contributed by atoms with Crippen molar-refractivity contribution in [2.75, 3.05) is 10.6 Å². The maximum atomic E-state index is 13.2. The van der Waals surface area contributed by atoms with Crippen molar-refractivity contribution in [3.8, 4) is 11.1 Å². The van der Waals surface area contributed by atoms with Crippen molar-refractivity contribution in [2.24, 2.45) is 7.05 Å². The number of carbonyl (C=O) groups is 1. The number of benzene rings is 2. The summed E-state index contributed by atoms with van der Waals surface area (Å²) in [6, 6.07) is 15.4. The zero-order valence-electron chi connectivity index (χ0n) is 19.6. The van der Waals surface area contributed by atoms with Gasteiger partial charge >= 0.3 is 0 Å². The first-order valence-electron chi connectivity index (χ1n) is 11.3. The van der Waals surface area contributed by atoms with E-state index in [0.29, 0.717) is 16.4 Å². The number of hydrogen-bond acceptors (Lipinski definition) is 5. The Balaban J connectivity index is 1.65. The van der Waals surface area contributed by atoms with Gasteiger partial charge in [-0.15, -0.1) is 11.3 Å². The summed E-state index contributed by atoms with van der Waals surface area (Å²) >= 11 is 1.43. The second-order valence-electron chi connectivity index (χ2n) is 8.21. The molecule has 7 heteroatoms. The molecule has 2 aromatic heterocycles. The van der Waals surface area contributed by atoms with Crippen LogP contribution in [0.3, 0.4) is 0 Å². The Hall–Kier alpha value is -3.71. The fourth-order valence-electron chi connectivity index (χ4n) is 3.95. The molecule has 0 aliphatic carbocycles. The van der Waals surface area contributed by atoms with Crippen LogP contribution in [0.25, 0.3) is 11.1 Å². The number of nitrogens with zero attached hydrogens (tertiary/aromatic N) is 2. The molecular formula is C27H28N4O2S. The molecule has 2 heterocycles. The van der Waals surface area contributed by atoms with Gasteiger partial charge in [0.15, 0.2) is 5.13 Å². The molecular weight excluding hydrogens is 444 g/mol. The molecule has 0 atom stereocenters. The van der Waals surface area contributed by atoms with Crippen LogP contribution in [0.15, 0.2) is 71.1 Å². The van der Waals surface area contributed by atoms with Crippen LogP contribution < -0.4 is 16.2 Å². The molecule has 0 fully saturated rings. The van der Waals surface area contributed by atoms with Gasteiger partial charge in [-0.25, -0.2) is 4.98 Å². The average molecular weight is 473 g/mol. The van der Waals surface area contributed by atoms with E-state index in [2.05, 4.69) is 22.5 Å². The highest BCUT2D eigenvalue weighted by Gasteiger charge is 2.15. The number of hydrogen-bond donors (Lipinski definition) is 2. The fraction of sp³-hybridized carbons (Fsp3) is 0.222. The summed E-state index contributed by atoms with van der Waals surface area (Å²) in [5.74, 6) is -0.112. The quantitative estimate of drug-likeness (QED) is 0.322. The third-order valence-electron chi connectivity index (χ3n) is 5.81. The van der Waals surface area contributed by atoms with Crippen molar-refractivity contribution in [1.82, 2.24) is 9.55 Å². The van der Waals surface area contributed by atoms with Crippen molar-refractivity contribution >= 4 is 33.8 Å². The van der Waals surface area contributed by atoms with Crippen LogP contribution in [0.5, 0.6) is 0 Å². The summed E-state index contributed by atoms with van der Waals surface area (Å²) in [6.45, 7) is 4.13. The lowest BCUT2D eigenvalue weighted by molar-refractivity contribution is 0.102. The second-order valence-corrected chi connectivity index (χ2v) is 9.11. The van der Waals surface area contributed by atoms with Crippen molar-refractivity contribution < 1.29 is 4.79 Å². The average Bonchev–Trinajstić information content (AvgIpc) is 3.35. The molecule has 1 amide bonds. The molecule has 0 spiro atoms. The van der Waals surface area contributed by atoms with Crippen LogP contribution in [0.2, 0.25) is 0 Å². The maximum Gasteiger partial charge on any atom is 0.274 e. The number of rotatable bonds is 8. The summed E-state index contributed by atoms with van der Waals surface area (Å²) in [6.07, 6.45) is 6.51. The van der Waals surface area contributed by atoms with Gasteiger partial charge in [-0.3, -0.25) is 9.59 Å². The Morgan fingerprint density at radius 3 is 2.71 bits per heavy atom. The minimum atomic E-state index is -0.134. The molecule has 34 heavy (non-hydrogen) atoms. The van der Waals surface area contributed by atoms with Crippen LogP contribution in [0, 0.1) is 6.92 Å². The topological polar surface area (TPSA) is 76.0 Å². The number of aromatic nitrogens is 2. The van der Waals surface area contributed by atoms with E-state index in [-0.39, 0.29) is 11.5 Å². The Morgan fingerprint density at radius 1 is 1.12 bits per heavy atom.